The first-order valence-corrected chi connectivity index (χ1v) is 7.96. The van der Waals surface area contributed by atoms with Gasteiger partial charge in [0.15, 0.2) is 11.5 Å². The minimum Gasteiger partial charge on any atom is -0.454 e. The molecular weight excluding hydrogens is 280 g/mol. The number of carbonyl (C=O) groups is 1. The molecule has 1 aromatic rings. The molecule has 0 aromatic heterocycles. The zero-order chi connectivity index (χ0) is 15.5. The van der Waals surface area contributed by atoms with Crippen molar-refractivity contribution in [1.82, 2.24) is 9.80 Å². The SMILES string of the molecule is CN1CCC(N(C)C(=O)CCc2ccc3c(c2)OCO3)CC1. The first-order valence-electron chi connectivity index (χ1n) is 7.96. The Morgan fingerprint density at radius 2 is 2.00 bits per heavy atom. The van der Waals surface area contributed by atoms with Crippen molar-refractivity contribution < 1.29 is 14.3 Å². The summed E-state index contributed by atoms with van der Waals surface area (Å²) < 4.78 is 10.7. The van der Waals surface area contributed by atoms with Gasteiger partial charge in [0.2, 0.25) is 12.7 Å². The Balaban J connectivity index is 1.51. The molecule has 5 nitrogen and oxygen atoms in total. The number of hydrogen-bond acceptors (Lipinski definition) is 4. The van der Waals surface area contributed by atoms with Crippen molar-refractivity contribution >= 4 is 5.91 Å². The van der Waals surface area contributed by atoms with Crippen LogP contribution in [-0.2, 0) is 11.2 Å². The van der Waals surface area contributed by atoms with Crippen LogP contribution in [0.15, 0.2) is 18.2 Å². The molecule has 2 heterocycles. The number of hydrogen-bond donors (Lipinski definition) is 0. The van der Waals surface area contributed by atoms with Gasteiger partial charge in [0.1, 0.15) is 0 Å². The van der Waals surface area contributed by atoms with E-state index in [9.17, 15) is 4.79 Å². The number of amides is 1. The molecule has 2 aliphatic rings. The highest BCUT2D eigenvalue weighted by atomic mass is 16.7. The van der Waals surface area contributed by atoms with E-state index in [2.05, 4.69) is 11.9 Å². The van der Waals surface area contributed by atoms with Gasteiger partial charge in [0, 0.05) is 19.5 Å². The van der Waals surface area contributed by atoms with Crippen LogP contribution in [0, 0.1) is 0 Å². The summed E-state index contributed by atoms with van der Waals surface area (Å²) in [6, 6.07) is 6.30. The van der Waals surface area contributed by atoms with E-state index in [4.69, 9.17) is 9.47 Å². The number of fused-ring (bicyclic) bond motifs is 1. The van der Waals surface area contributed by atoms with E-state index in [0.29, 0.717) is 12.5 Å². The van der Waals surface area contributed by atoms with Gasteiger partial charge in [-0.05, 0) is 57.1 Å². The monoisotopic (exact) mass is 304 g/mol. The van der Waals surface area contributed by atoms with Crippen molar-refractivity contribution in [3.8, 4) is 11.5 Å². The summed E-state index contributed by atoms with van der Waals surface area (Å²) in [6.45, 7) is 2.44. The van der Waals surface area contributed by atoms with Crippen LogP contribution in [0.25, 0.3) is 0 Å². The van der Waals surface area contributed by atoms with Gasteiger partial charge in [-0.2, -0.15) is 0 Å². The molecule has 0 spiro atoms. The topological polar surface area (TPSA) is 42.0 Å². The lowest BCUT2D eigenvalue weighted by Gasteiger charge is -2.35. The van der Waals surface area contributed by atoms with Gasteiger partial charge >= 0.3 is 0 Å². The van der Waals surface area contributed by atoms with Crippen LogP contribution >= 0.6 is 0 Å². The lowest BCUT2D eigenvalue weighted by atomic mass is 10.0. The van der Waals surface area contributed by atoms with Crippen LogP contribution < -0.4 is 9.47 Å². The number of likely N-dealkylation sites (tertiary alicyclic amines) is 1. The molecule has 1 amide bonds. The molecule has 0 unspecified atom stereocenters. The maximum absolute atomic E-state index is 12.4. The third-order valence-corrected chi connectivity index (χ3v) is 4.69. The molecular formula is C17H24N2O3. The molecule has 0 N–H and O–H groups in total. The van der Waals surface area contributed by atoms with Crippen molar-refractivity contribution in [3.05, 3.63) is 23.8 Å². The van der Waals surface area contributed by atoms with Crippen molar-refractivity contribution in [3.63, 3.8) is 0 Å². The Kier molecular flexibility index (Phi) is 4.52. The van der Waals surface area contributed by atoms with E-state index in [0.717, 1.165) is 49.4 Å². The molecule has 0 aliphatic carbocycles. The van der Waals surface area contributed by atoms with Crippen molar-refractivity contribution in [2.24, 2.45) is 0 Å². The molecule has 0 bridgehead atoms. The normalized spacial score (nSPS) is 18.5. The molecule has 1 saturated heterocycles. The summed E-state index contributed by atoms with van der Waals surface area (Å²) in [7, 11) is 4.08. The second-order valence-electron chi connectivity index (χ2n) is 6.23. The molecule has 5 heteroatoms. The fraction of sp³-hybridized carbons (Fsp3) is 0.588. The van der Waals surface area contributed by atoms with Crippen LogP contribution in [-0.4, -0.2) is 55.7 Å². The van der Waals surface area contributed by atoms with Crippen LogP contribution in [0.4, 0.5) is 0 Å². The van der Waals surface area contributed by atoms with Crippen molar-refractivity contribution in [2.75, 3.05) is 34.0 Å². The predicted molar refractivity (Wildman–Crippen MR) is 84.2 cm³/mol. The second-order valence-corrected chi connectivity index (χ2v) is 6.23. The highest BCUT2D eigenvalue weighted by Crippen LogP contribution is 2.32. The summed E-state index contributed by atoms with van der Waals surface area (Å²) in [4.78, 5) is 16.7. The molecule has 22 heavy (non-hydrogen) atoms. The number of benzene rings is 1. The minimum absolute atomic E-state index is 0.229. The van der Waals surface area contributed by atoms with E-state index in [1.165, 1.54) is 0 Å². The lowest BCUT2D eigenvalue weighted by Crippen LogP contribution is -2.44. The summed E-state index contributed by atoms with van der Waals surface area (Å²) in [5.41, 5.74) is 1.12. The van der Waals surface area contributed by atoms with Gasteiger partial charge < -0.3 is 19.3 Å². The van der Waals surface area contributed by atoms with Gasteiger partial charge in [-0.25, -0.2) is 0 Å². The van der Waals surface area contributed by atoms with Crippen molar-refractivity contribution in [1.29, 1.82) is 0 Å². The van der Waals surface area contributed by atoms with Gasteiger partial charge in [-0.3, -0.25) is 4.79 Å². The standard InChI is InChI=1S/C17H24N2O3/c1-18-9-7-14(8-10-18)19(2)17(20)6-4-13-3-5-15-16(11-13)22-12-21-15/h3,5,11,14H,4,6-10,12H2,1-2H3. The zero-order valence-electron chi connectivity index (χ0n) is 13.4. The average Bonchev–Trinajstić information content (AvgIpc) is 3.00. The third-order valence-electron chi connectivity index (χ3n) is 4.69. The quantitative estimate of drug-likeness (QED) is 0.852. The highest BCUT2D eigenvalue weighted by Gasteiger charge is 2.23. The molecule has 120 valence electrons. The Labute approximate surface area is 131 Å². The summed E-state index contributed by atoms with van der Waals surface area (Å²) >= 11 is 0. The van der Waals surface area contributed by atoms with Gasteiger partial charge in [-0.15, -0.1) is 0 Å². The first-order chi connectivity index (χ1) is 10.6. The summed E-state index contributed by atoms with van der Waals surface area (Å²) in [5.74, 6) is 1.80. The highest BCUT2D eigenvalue weighted by molar-refractivity contribution is 5.76. The van der Waals surface area contributed by atoms with Crippen LogP contribution in [0.5, 0.6) is 11.5 Å². The van der Waals surface area contributed by atoms with E-state index >= 15 is 0 Å². The van der Waals surface area contributed by atoms with Crippen LogP contribution in [0.2, 0.25) is 0 Å². The van der Waals surface area contributed by atoms with Crippen LogP contribution in [0.1, 0.15) is 24.8 Å². The fourth-order valence-corrected chi connectivity index (χ4v) is 3.11. The molecule has 2 aliphatic heterocycles. The van der Waals surface area contributed by atoms with Crippen LogP contribution in [0.3, 0.4) is 0 Å². The third kappa shape index (κ3) is 3.35. The van der Waals surface area contributed by atoms with Gasteiger partial charge in [0.05, 0.1) is 0 Å². The van der Waals surface area contributed by atoms with E-state index < -0.39 is 0 Å². The summed E-state index contributed by atoms with van der Waals surface area (Å²) in [6.07, 6.45) is 3.43. The summed E-state index contributed by atoms with van der Waals surface area (Å²) in [5, 5.41) is 0. The molecule has 3 rings (SSSR count). The van der Waals surface area contributed by atoms with E-state index in [1.807, 2.05) is 30.1 Å². The maximum atomic E-state index is 12.4. The number of piperidine rings is 1. The van der Waals surface area contributed by atoms with Gasteiger partial charge in [0.25, 0.3) is 0 Å². The zero-order valence-corrected chi connectivity index (χ0v) is 13.4. The number of aryl methyl sites for hydroxylation is 1. The number of ether oxygens (including phenoxy) is 2. The predicted octanol–water partition coefficient (Wildman–Crippen LogP) is 1.90. The molecule has 1 aromatic carbocycles. The smallest absolute Gasteiger partial charge is 0.231 e. The first kappa shape index (κ1) is 15.2. The Bertz CT molecular complexity index is 539. The fourth-order valence-electron chi connectivity index (χ4n) is 3.11. The maximum Gasteiger partial charge on any atom is 0.231 e. The van der Waals surface area contributed by atoms with Crippen molar-refractivity contribution in [2.45, 2.75) is 31.7 Å². The number of rotatable bonds is 4. The largest absolute Gasteiger partial charge is 0.454 e. The van der Waals surface area contributed by atoms with E-state index in [-0.39, 0.29) is 12.7 Å². The minimum atomic E-state index is 0.229. The molecule has 1 fully saturated rings. The Morgan fingerprint density at radius 1 is 1.27 bits per heavy atom. The number of carbonyl (C=O) groups excluding carboxylic acids is 1. The van der Waals surface area contributed by atoms with E-state index in [1.54, 1.807) is 0 Å². The molecule has 0 saturated carbocycles. The average molecular weight is 304 g/mol. The van der Waals surface area contributed by atoms with Gasteiger partial charge in [-0.1, -0.05) is 6.07 Å². The Hall–Kier alpha value is -1.75. The number of nitrogens with zero attached hydrogens (tertiary/aromatic N) is 2. The lowest BCUT2D eigenvalue weighted by molar-refractivity contribution is -0.132. The Morgan fingerprint density at radius 3 is 2.77 bits per heavy atom. The molecule has 0 radical (unpaired) electrons. The second kappa shape index (κ2) is 6.57. The molecule has 0 atom stereocenters.